The van der Waals surface area contributed by atoms with Gasteiger partial charge < -0.3 is 0 Å². The number of rotatable bonds is 5. The van der Waals surface area contributed by atoms with Gasteiger partial charge in [-0.15, -0.1) is 0 Å². The number of unbranched alkanes of at least 4 members (excludes halogenated alkanes) is 1. The smallest absolute Gasteiger partial charge is 0.207 e. The van der Waals surface area contributed by atoms with Crippen LogP contribution in [0, 0.1) is 11.7 Å². The van der Waals surface area contributed by atoms with E-state index in [1.807, 2.05) is 6.92 Å². The zero-order valence-corrected chi connectivity index (χ0v) is 10.6. The largest absolute Gasteiger partial charge is 0.416 e. The van der Waals surface area contributed by atoms with Crippen molar-refractivity contribution in [1.82, 2.24) is 0 Å². The molecule has 0 saturated carbocycles. The van der Waals surface area contributed by atoms with Crippen LogP contribution in [0.25, 0.3) is 0 Å². The molecule has 0 aliphatic carbocycles. The van der Waals surface area contributed by atoms with Gasteiger partial charge >= 0.3 is 6.18 Å². The molecule has 0 aliphatic rings. The van der Waals surface area contributed by atoms with Gasteiger partial charge in [0.1, 0.15) is 5.82 Å². The summed E-state index contributed by atoms with van der Waals surface area (Å²) in [6.07, 6.45) is -1.09. The van der Waals surface area contributed by atoms with Gasteiger partial charge in [0.2, 0.25) is 0 Å². The highest BCUT2D eigenvalue weighted by Crippen LogP contribution is 2.31. The van der Waals surface area contributed by atoms with Gasteiger partial charge in [0, 0.05) is 0 Å². The zero-order valence-electron chi connectivity index (χ0n) is 10.6. The van der Waals surface area contributed by atoms with Crippen LogP contribution >= 0.6 is 0 Å². The molecule has 0 N–H and O–H groups in total. The average Bonchev–Trinajstić information content (AvgIpc) is 2.28. The van der Waals surface area contributed by atoms with Gasteiger partial charge in [-0.05, 0) is 36.1 Å². The van der Waals surface area contributed by atoms with E-state index in [2.05, 4.69) is 6.92 Å². The molecule has 0 radical (unpaired) electrons. The van der Waals surface area contributed by atoms with Crippen molar-refractivity contribution in [2.45, 2.75) is 45.7 Å². The Balaban J connectivity index is 2.81. The quantitative estimate of drug-likeness (QED) is 0.639. The predicted molar refractivity (Wildman–Crippen MR) is 63.8 cm³/mol. The number of benzene rings is 1. The fraction of sp³-hybridized carbons (Fsp3) is 0.571. The van der Waals surface area contributed by atoms with E-state index >= 15 is 0 Å². The summed E-state index contributed by atoms with van der Waals surface area (Å²) in [5.41, 5.74) is -0.616. The molecule has 0 fully saturated rings. The molecule has 0 nitrogen and oxygen atoms in total. The Morgan fingerprint density at radius 2 is 1.89 bits per heavy atom. The van der Waals surface area contributed by atoms with Gasteiger partial charge in [-0.25, -0.2) is 4.39 Å². The van der Waals surface area contributed by atoms with Gasteiger partial charge in [0.05, 0.1) is 5.56 Å². The summed E-state index contributed by atoms with van der Waals surface area (Å²) >= 11 is 0. The lowest BCUT2D eigenvalue weighted by Crippen LogP contribution is -2.08. The molecule has 0 aliphatic heterocycles. The molecule has 1 aromatic carbocycles. The van der Waals surface area contributed by atoms with E-state index in [4.69, 9.17) is 0 Å². The number of halogens is 4. The molecule has 0 amide bonds. The molecule has 1 rings (SSSR count). The van der Waals surface area contributed by atoms with Crippen molar-refractivity contribution in [3.8, 4) is 0 Å². The maximum absolute atomic E-state index is 13.5. The second-order valence-electron chi connectivity index (χ2n) is 4.76. The Kier molecular flexibility index (Phi) is 5.17. The topological polar surface area (TPSA) is 0 Å². The van der Waals surface area contributed by atoms with E-state index < -0.39 is 17.6 Å². The van der Waals surface area contributed by atoms with Crippen LogP contribution in [0.5, 0.6) is 0 Å². The number of alkyl halides is 3. The molecule has 1 atom stereocenters. The highest BCUT2D eigenvalue weighted by molar-refractivity contribution is 5.27. The standard InChI is InChI=1S/C14H18F4/c1-3-4-5-10(2)8-11-9-12(14(16,17)18)6-7-13(11)15/h6-7,9-10H,3-5,8H2,1-2H3. The van der Waals surface area contributed by atoms with Crippen LogP contribution in [0.3, 0.4) is 0 Å². The minimum Gasteiger partial charge on any atom is -0.207 e. The molecule has 102 valence electrons. The van der Waals surface area contributed by atoms with Crippen molar-refractivity contribution < 1.29 is 17.6 Å². The first-order valence-corrected chi connectivity index (χ1v) is 6.20. The molecule has 0 aromatic heterocycles. The lowest BCUT2D eigenvalue weighted by Gasteiger charge is -2.13. The van der Waals surface area contributed by atoms with Crippen LogP contribution in [-0.4, -0.2) is 0 Å². The molecule has 0 bridgehead atoms. The van der Waals surface area contributed by atoms with E-state index in [9.17, 15) is 17.6 Å². The van der Waals surface area contributed by atoms with Crippen LogP contribution in [0.2, 0.25) is 0 Å². The Morgan fingerprint density at radius 3 is 2.44 bits per heavy atom. The summed E-state index contributed by atoms with van der Waals surface area (Å²) in [7, 11) is 0. The van der Waals surface area contributed by atoms with Crippen molar-refractivity contribution >= 4 is 0 Å². The van der Waals surface area contributed by atoms with E-state index in [1.165, 1.54) is 0 Å². The minimum atomic E-state index is -4.41. The zero-order chi connectivity index (χ0) is 13.8. The SMILES string of the molecule is CCCCC(C)Cc1cc(C(F)(F)F)ccc1F. The first-order chi connectivity index (χ1) is 8.34. The summed E-state index contributed by atoms with van der Waals surface area (Å²) < 4.78 is 51.0. The van der Waals surface area contributed by atoms with Crippen LogP contribution in [0.1, 0.15) is 44.2 Å². The summed E-state index contributed by atoms with van der Waals surface area (Å²) in [4.78, 5) is 0. The normalized spacial score (nSPS) is 13.7. The molecule has 1 aromatic rings. The van der Waals surface area contributed by atoms with E-state index in [0.29, 0.717) is 6.42 Å². The molecular weight excluding hydrogens is 244 g/mol. The lowest BCUT2D eigenvalue weighted by atomic mass is 9.94. The van der Waals surface area contributed by atoms with Crippen LogP contribution in [0.4, 0.5) is 17.6 Å². The van der Waals surface area contributed by atoms with E-state index in [-0.39, 0.29) is 11.5 Å². The predicted octanol–water partition coefficient (Wildman–Crippen LogP) is 5.21. The number of hydrogen-bond donors (Lipinski definition) is 0. The molecule has 18 heavy (non-hydrogen) atoms. The van der Waals surface area contributed by atoms with Crippen LogP contribution < -0.4 is 0 Å². The third kappa shape index (κ3) is 4.31. The Hall–Kier alpha value is -1.06. The molecule has 0 heterocycles. The van der Waals surface area contributed by atoms with Gasteiger partial charge in [-0.3, -0.25) is 0 Å². The van der Waals surface area contributed by atoms with Gasteiger partial charge in [0.15, 0.2) is 0 Å². The Morgan fingerprint density at radius 1 is 1.22 bits per heavy atom. The fourth-order valence-corrected chi connectivity index (χ4v) is 1.94. The summed E-state index contributed by atoms with van der Waals surface area (Å²) in [5, 5.41) is 0. The molecule has 4 heteroatoms. The second-order valence-corrected chi connectivity index (χ2v) is 4.76. The van der Waals surface area contributed by atoms with Crippen molar-refractivity contribution in [2.24, 2.45) is 5.92 Å². The summed E-state index contributed by atoms with van der Waals surface area (Å²) in [6.45, 7) is 3.99. The lowest BCUT2D eigenvalue weighted by molar-refractivity contribution is -0.137. The third-order valence-corrected chi connectivity index (χ3v) is 2.99. The first-order valence-electron chi connectivity index (χ1n) is 6.20. The maximum Gasteiger partial charge on any atom is 0.416 e. The van der Waals surface area contributed by atoms with E-state index in [0.717, 1.165) is 37.5 Å². The van der Waals surface area contributed by atoms with Gasteiger partial charge in [-0.2, -0.15) is 13.2 Å². The highest BCUT2D eigenvalue weighted by Gasteiger charge is 2.31. The highest BCUT2D eigenvalue weighted by atomic mass is 19.4. The van der Waals surface area contributed by atoms with E-state index in [1.54, 1.807) is 0 Å². The summed E-state index contributed by atoms with van der Waals surface area (Å²) in [6, 6.07) is 2.62. The monoisotopic (exact) mass is 262 g/mol. The third-order valence-electron chi connectivity index (χ3n) is 2.99. The Labute approximate surface area is 105 Å². The van der Waals surface area contributed by atoms with Crippen molar-refractivity contribution in [3.05, 3.63) is 35.1 Å². The van der Waals surface area contributed by atoms with Crippen LogP contribution in [-0.2, 0) is 12.6 Å². The minimum absolute atomic E-state index is 0.161. The first kappa shape index (κ1) is 15.0. The Bertz CT molecular complexity index is 382. The number of hydrogen-bond acceptors (Lipinski definition) is 0. The van der Waals surface area contributed by atoms with Crippen molar-refractivity contribution in [1.29, 1.82) is 0 Å². The van der Waals surface area contributed by atoms with Crippen LogP contribution in [0.15, 0.2) is 18.2 Å². The maximum atomic E-state index is 13.5. The van der Waals surface area contributed by atoms with Crippen molar-refractivity contribution in [2.75, 3.05) is 0 Å². The fourth-order valence-electron chi connectivity index (χ4n) is 1.94. The molecule has 0 saturated heterocycles. The molecule has 0 spiro atoms. The van der Waals surface area contributed by atoms with Crippen molar-refractivity contribution in [3.63, 3.8) is 0 Å². The van der Waals surface area contributed by atoms with Gasteiger partial charge in [-0.1, -0.05) is 33.1 Å². The molecular formula is C14H18F4. The second kappa shape index (κ2) is 6.21. The van der Waals surface area contributed by atoms with Gasteiger partial charge in [0.25, 0.3) is 0 Å². The summed E-state index contributed by atoms with van der Waals surface area (Å²) in [5.74, 6) is -0.353. The molecule has 1 unspecified atom stereocenters. The average molecular weight is 262 g/mol.